The number of benzene rings is 2. The van der Waals surface area contributed by atoms with Crippen LogP contribution in [0, 0.1) is 5.92 Å². The molecule has 1 aliphatic heterocycles. The molecule has 0 amide bonds. The first-order valence-corrected chi connectivity index (χ1v) is 10.3. The fourth-order valence-corrected chi connectivity index (χ4v) is 3.82. The van der Waals surface area contributed by atoms with Gasteiger partial charge in [-0.2, -0.15) is 0 Å². The first-order chi connectivity index (χ1) is 14.5. The standard InChI is InChI=1S/C24H24ClNO4/c1-15(2)23(18-5-8-21-22(12-18)30-14-29-21)24(27)28-13-20-17(9-10-26-20)11-16-3-6-19(25)7-4-16/h3-10,12,15,23,26H,11,13-14H2,1-2H3. The summed E-state index contributed by atoms with van der Waals surface area (Å²) in [4.78, 5) is 16.2. The minimum Gasteiger partial charge on any atom is -0.459 e. The number of fused-ring (bicyclic) bond motifs is 1. The molecule has 0 spiro atoms. The molecule has 1 N–H and O–H groups in total. The predicted molar refractivity (Wildman–Crippen MR) is 115 cm³/mol. The minimum absolute atomic E-state index is 0.0788. The van der Waals surface area contributed by atoms with Gasteiger partial charge in [-0.05, 0) is 59.4 Å². The Kier molecular flexibility index (Phi) is 6.00. The molecule has 1 atom stereocenters. The maximum Gasteiger partial charge on any atom is 0.314 e. The van der Waals surface area contributed by atoms with Crippen LogP contribution >= 0.6 is 11.6 Å². The van der Waals surface area contributed by atoms with Gasteiger partial charge in [-0.15, -0.1) is 0 Å². The molecule has 4 rings (SSSR count). The van der Waals surface area contributed by atoms with Crippen LogP contribution in [0.25, 0.3) is 0 Å². The van der Waals surface area contributed by atoms with Crippen LogP contribution in [0.2, 0.25) is 5.02 Å². The van der Waals surface area contributed by atoms with Gasteiger partial charge >= 0.3 is 5.97 Å². The van der Waals surface area contributed by atoms with Gasteiger partial charge in [0.1, 0.15) is 6.61 Å². The van der Waals surface area contributed by atoms with E-state index in [2.05, 4.69) is 4.98 Å². The molecule has 5 nitrogen and oxygen atoms in total. The van der Waals surface area contributed by atoms with Gasteiger partial charge in [-0.25, -0.2) is 0 Å². The Hall–Kier alpha value is -2.92. The summed E-state index contributed by atoms with van der Waals surface area (Å²) in [5.74, 6) is 0.813. The lowest BCUT2D eigenvalue weighted by molar-refractivity contribution is -0.148. The first-order valence-electron chi connectivity index (χ1n) is 9.97. The molecule has 2 aromatic carbocycles. The van der Waals surface area contributed by atoms with E-state index < -0.39 is 0 Å². The minimum atomic E-state index is -0.380. The molecule has 0 saturated heterocycles. The number of halogens is 1. The van der Waals surface area contributed by atoms with Crippen molar-refractivity contribution in [2.45, 2.75) is 32.8 Å². The topological polar surface area (TPSA) is 60.6 Å². The van der Waals surface area contributed by atoms with Crippen LogP contribution in [-0.2, 0) is 22.6 Å². The number of nitrogens with one attached hydrogen (secondary N) is 1. The lowest BCUT2D eigenvalue weighted by Crippen LogP contribution is -2.21. The maximum absolute atomic E-state index is 13.0. The van der Waals surface area contributed by atoms with Crippen molar-refractivity contribution in [1.82, 2.24) is 4.98 Å². The number of esters is 1. The van der Waals surface area contributed by atoms with Crippen LogP contribution in [0.1, 0.15) is 42.1 Å². The monoisotopic (exact) mass is 425 g/mol. The van der Waals surface area contributed by atoms with Crippen molar-refractivity contribution >= 4 is 17.6 Å². The molecule has 2 heterocycles. The molecule has 0 saturated carbocycles. The molecular weight excluding hydrogens is 402 g/mol. The number of carbonyl (C=O) groups is 1. The van der Waals surface area contributed by atoms with Crippen molar-refractivity contribution in [2.75, 3.05) is 6.79 Å². The number of carbonyl (C=O) groups excluding carboxylic acids is 1. The lowest BCUT2D eigenvalue weighted by Gasteiger charge is -2.20. The van der Waals surface area contributed by atoms with Crippen LogP contribution in [0.3, 0.4) is 0 Å². The number of aromatic nitrogens is 1. The Morgan fingerprint density at radius 2 is 1.87 bits per heavy atom. The molecule has 0 fully saturated rings. The predicted octanol–water partition coefficient (Wildman–Crippen LogP) is 5.47. The highest BCUT2D eigenvalue weighted by molar-refractivity contribution is 6.30. The number of rotatable bonds is 7. The highest BCUT2D eigenvalue weighted by Crippen LogP contribution is 2.37. The van der Waals surface area contributed by atoms with Gasteiger partial charge < -0.3 is 19.2 Å². The molecule has 3 aromatic rings. The molecule has 0 aliphatic carbocycles. The van der Waals surface area contributed by atoms with Gasteiger partial charge in [-0.3, -0.25) is 4.79 Å². The summed E-state index contributed by atoms with van der Waals surface area (Å²) in [5, 5.41) is 0.713. The summed E-state index contributed by atoms with van der Waals surface area (Å²) < 4.78 is 16.5. The van der Waals surface area contributed by atoms with Crippen molar-refractivity contribution in [1.29, 1.82) is 0 Å². The number of aromatic amines is 1. The average Bonchev–Trinajstić information content (AvgIpc) is 3.37. The Balaban J connectivity index is 1.44. The van der Waals surface area contributed by atoms with Gasteiger partial charge in [0.25, 0.3) is 0 Å². The van der Waals surface area contributed by atoms with Gasteiger partial charge in [0, 0.05) is 11.2 Å². The molecule has 0 bridgehead atoms. The molecular formula is C24H24ClNO4. The summed E-state index contributed by atoms with van der Waals surface area (Å²) in [5.41, 5.74) is 4.00. The van der Waals surface area contributed by atoms with Crippen LogP contribution in [0.15, 0.2) is 54.7 Å². The Labute approximate surface area is 180 Å². The second kappa shape index (κ2) is 8.84. The van der Waals surface area contributed by atoms with E-state index in [1.54, 1.807) is 0 Å². The second-order valence-corrected chi connectivity index (χ2v) is 8.16. The zero-order chi connectivity index (χ0) is 21.1. The van der Waals surface area contributed by atoms with Crippen LogP contribution < -0.4 is 9.47 Å². The largest absolute Gasteiger partial charge is 0.459 e. The molecule has 6 heteroatoms. The SMILES string of the molecule is CC(C)C(C(=O)OCc1[nH]ccc1Cc1ccc(Cl)cc1)c1ccc2c(c1)OCO2. The summed E-state index contributed by atoms with van der Waals surface area (Å²) >= 11 is 5.97. The zero-order valence-electron chi connectivity index (χ0n) is 17.0. The van der Waals surface area contributed by atoms with Crippen molar-refractivity contribution in [3.8, 4) is 11.5 Å². The highest BCUT2D eigenvalue weighted by Gasteiger charge is 2.28. The van der Waals surface area contributed by atoms with E-state index in [0.717, 1.165) is 28.8 Å². The molecule has 1 aliphatic rings. The van der Waals surface area contributed by atoms with Crippen LogP contribution in [-0.4, -0.2) is 17.7 Å². The number of hydrogen-bond acceptors (Lipinski definition) is 4. The quantitative estimate of drug-likeness (QED) is 0.510. The van der Waals surface area contributed by atoms with Crippen LogP contribution in [0.4, 0.5) is 0 Å². The third kappa shape index (κ3) is 4.46. The highest BCUT2D eigenvalue weighted by atomic mass is 35.5. The number of ether oxygens (including phenoxy) is 3. The van der Waals surface area contributed by atoms with Crippen LogP contribution in [0.5, 0.6) is 11.5 Å². The molecule has 1 aromatic heterocycles. The van der Waals surface area contributed by atoms with E-state index in [4.69, 9.17) is 25.8 Å². The second-order valence-electron chi connectivity index (χ2n) is 7.73. The summed E-state index contributed by atoms with van der Waals surface area (Å²) in [7, 11) is 0. The summed E-state index contributed by atoms with van der Waals surface area (Å²) in [6.07, 6.45) is 2.61. The van der Waals surface area contributed by atoms with E-state index in [-0.39, 0.29) is 31.2 Å². The average molecular weight is 426 g/mol. The van der Waals surface area contributed by atoms with E-state index in [9.17, 15) is 4.79 Å². The lowest BCUT2D eigenvalue weighted by atomic mass is 9.88. The Morgan fingerprint density at radius 3 is 2.63 bits per heavy atom. The molecule has 30 heavy (non-hydrogen) atoms. The van der Waals surface area contributed by atoms with Gasteiger partial charge in [0.2, 0.25) is 6.79 Å². The third-order valence-electron chi connectivity index (χ3n) is 5.27. The number of hydrogen-bond donors (Lipinski definition) is 1. The summed E-state index contributed by atoms with van der Waals surface area (Å²) in [6, 6.07) is 15.4. The van der Waals surface area contributed by atoms with Gasteiger partial charge in [-0.1, -0.05) is 43.6 Å². The van der Waals surface area contributed by atoms with Gasteiger partial charge in [0.05, 0.1) is 11.6 Å². The van der Waals surface area contributed by atoms with Crippen molar-refractivity contribution in [3.63, 3.8) is 0 Å². The molecule has 156 valence electrons. The third-order valence-corrected chi connectivity index (χ3v) is 5.52. The fourth-order valence-electron chi connectivity index (χ4n) is 3.69. The zero-order valence-corrected chi connectivity index (χ0v) is 17.7. The van der Waals surface area contributed by atoms with Crippen molar-refractivity contribution in [2.24, 2.45) is 5.92 Å². The van der Waals surface area contributed by atoms with Crippen molar-refractivity contribution in [3.05, 3.63) is 82.1 Å². The van der Waals surface area contributed by atoms with Gasteiger partial charge in [0.15, 0.2) is 11.5 Å². The van der Waals surface area contributed by atoms with E-state index in [1.807, 2.05) is 68.6 Å². The Bertz CT molecular complexity index is 1030. The molecule has 0 radical (unpaired) electrons. The Morgan fingerprint density at radius 1 is 1.10 bits per heavy atom. The normalized spacial score (nSPS) is 13.5. The maximum atomic E-state index is 13.0. The first kappa shape index (κ1) is 20.4. The smallest absolute Gasteiger partial charge is 0.314 e. The fraction of sp³-hybridized carbons (Fsp3) is 0.292. The van der Waals surface area contributed by atoms with E-state index in [0.29, 0.717) is 16.5 Å². The molecule has 1 unspecified atom stereocenters. The summed E-state index contributed by atoms with van der Waals surface area (Å²) in [6.45, 7) is 4.43. The van der Waals surface area contributed by atoms with Crippen molar-refractivity contribution < 1.29 is 19.0 Å². The van der Waals surface area contributed by atoms with E-state index >= 15 is 0 Å². The van der Waals surface area contributed by atoms with E-state index in [1.165, 1.54) is 0 Å². The number of H-pyrrole nitrogens is 1.